The summed E-state index contributed by atoms with van der Waals surface area (Å²) in [5, 5.41) is 24.3. The molecule has 5 unspecified atom stereocenters. The van der Waals surface area contributed by atoms with E-state index in [9.17, 15) is 19.5 Å². The number of aliphatic hydroxyl groups excluding tert-OH is 2. The van der Waals surface area contributed by atoms with E-state index in [0.29, 0.717) is 6.29 Å². The molecule has 1 heterocycles. The number of thiol groups is 1. The van der Waals surface area contributed by atoms with Gasteiger partial charge in [-0.2, -0.15) is 12.6 Å². The van der Waals surface area contributed by atoms with Crippen LogP contribution in [0.1, 0.15) is 13.8 Å². The number of amides is 1. The molecule has 0 spiro atoms. The Labute approximate surface area is 150 Å². The summed E-state index contributed by atoms with van der Waals surface area (Å²) in [6, 6.07) is -1.79. The van der Waals surface area contributed by atoms with Gasteiger partial charge in [0.15, 0.2) is 12.4 Å². The minimum Gasteiger partial charge on any atom is -0.456 e. The van der Waals surface area contributed by atoms with Gasteiger partial charge in [0.1, 0.15) is 25.2 Å². The molecule has 25 heavy (non-hydrogen) atoms. The van der Waals surface area contributed by atoms with Crippen LogP contribution in [0.15, 0.2) is 0 Å². The Morgan fingerprint density at radius 3 is 2.64 bits per heavy atom. The van der Waals surface area contributed by atoms with Crippen molar-refractivity contribution < 1.29 is 38.8 Å². The van der Waals surface area contributed by atoms with Gasteiger partial charge >= 0.3 is 5.97 Å². The SMILES string of the molecule is CC(=O)NC1C(OCN[C@H](C=O)CO)OC(C)C(O)C1OC(=O)CS. The molecule has 1 aliphatic heterocycles. The lowest BCUT2D eigenvalue weighted by Crippen LogP contribution is -2.65. The van der Waals surface area contributed by atoms with E-state index in [1.165, 1.54) is 6.92 Å². The van der Waals surface area contributed by atoms with Crippen LogP contribution in [0.3, 0.4) is 0 Å². The number of esters is 1. The van der Waals surface area contributed by atoms with Gasteiger partial charge < -0.3 is 34.5 Å². The third-order valence-electron chi connectivity index (χ3n) is 3.53. The summed E-state index contributed by atoms with van der Waals surface area (Å²) >= 11 is 3.82. The van der Waals surface area contributed by atoms with E-state index >= 15 is 0 Å². The van der Waals surface area contributed by atoms with Crippen LogP contribution in [0.4, 0.5) is 0 Å². The van der Waals surface area contributed by atoms with Crippen LogP contribution in [0.5, 0.6) is 0 Å². The van der Waals surface area contributed by atoms with Crippen molar-refractivity contribution in [2.45, 2.75) is 50.5 Å². The highest BCUT2D eigenvalue weighted by atomic mass is 32.1. The molecule has 1 fully saturated rings. The number of hydrogen-bond acceptors (Lipinski definition) is 10. The zero-order valence-electron chi connectivity index (χ0n) is 14.0. The molecular formula is C14H24N2O8S. The Kier molecular flexibility index (Phi) is 9.32. The van der Waals surface area contributed by atoms with Gasteiger partial charge in [-0.15, -0.1) is 0 Å². The lowest BCUT2D eigenvalue weighted by atomic mass is 9.97. The molecule has 10 nitrogen and oxygen atoms in total. The molecule has 0 saturated carbocycles. The minimum absolute atomic E-state index is 0.180. The van der Waals surface area contributed by atoms with Crippen molar-refractivity contribution in [1.29, 1.82) is 0 Å². The van der Waals surface area contributed by atoms with Gasteiger partial charge in [-0.3, -0.25) is 14.9 Å². The highest BCUT2D eigenvalue weighted by Crippen LogP contribution is 2.24. The quantitative estimate of drug-likeness (QED) is 0.128. The molecule has 1 amide bonds. The van der Waals surface area contributed by atoms with Crippen molar-refractivity contribution in [3.8, 4) is 0 Å². The number of aliphatic hydroxyl groups is 2. The Hall–Kier alpha value is -1.24. The number of carbonyl (C=O) groups is 3. The molecule has 0 aromatic rings. The van der Waals surface area contributed by atoms with Gasteiger partial charge in [-0.05, 0) is 6.92 Å². The first-order chi connectivity index (χ1) is 11.8. The van der Waals surface area contributed by atoms with Crippen molar-refractivity contribution >= 4 is 30.8 Å². The van der Waals surface area contributed by atoms with E-state index in [1.807, 2.05) is 0 Å². The van der Waals surface area contributed by atoms with Crippen LogP contribution < -0.4 is 10.6 Å². The second kappa shape index (κ2) is 10.7. The van der Waals surface area contributed by atoms with Crippen molar-refractivity contribution in [3.63, 3.8) is 0 Å². The zero-order chi connectivity index (χ0) is 19.0. The van der Waals surface area contributed by atoms with Crippen LogP contribution >= 0.6 is 12.6 Å². The van der Waals surface area contributed by atoms with Gasteiger partial charge in [0.05, 0.1) is 24.5 Å². The first-order valence-corrected chi connectivity index (χ1v) is 8.29. The van der Waals surface area contributed by atoms with E-state index in [1.54, 1.807) is 6.92 Å². The van der Waals surface area contributed by atoms with Crippen LogP contribution in [0.2, 0.25) is 0 Å². The smallest absolute Gasteiger partial charge is 0.316 e. The highest BCUT2D eigenvalue weighted by Gasteiger charge is 2.47. The van der Waals surface area contributed by atoms with E-state index in [4.69, 9.17) is 19.3 Å². The molecule has 0 aromatic carbocycles. The van der Waals surface area contributed by atoms with Gasteiger partial charge in [0, 0.05) is 6.92 Å². The Morgan fingerprint density at radius 1 is 1.44 bits per heavy atom. The summed E-state index contributed by atoms with van der Waals surface area (Å²) in [4.78, 5) is 33.7. The summed E-state index contributed by atoms with van der Waals surface area (Å²) in [7, 11) is 0. The number of nitrogens with one attached hydrogen (secondary N) is 2. The summed E-state index contributed by atoms with van der Waals surface area (Å²) < 4.78 is 16.2. The van der Waals surface area contributed by atoms with Gasteiger partial charge in [-0.25, -0.2) is 0 Å². The second-order valence-electron chi connectivity index (χ2n) is 5.48. The van der Waals surface area contributed by atoms with Gasteiger partial charge in [-0.1, -0.05) is 0 Å². The first kappa shape index (κ1) is 21.8. The summed E-state index contributed by atoms with van der Waals surface area (Å²) in [6.07, 6.45) is -3.57. The van der Waals surface area contributed by atoms with Crippen LogP contribution in [-0.2, 0) is 28.6 Å². The minimum atomic E-state index is -1.19. The number of aldehydes is 1. The maximum atomic E-state index is 11.6. The third-order valence-corrected chi connectivity index (χ3v) is 3.79. The maximum Gasteiger partial charge on any atom is 0.316 e. The fourth-order valence-electron chi connectivity index (χ4n) is 2.26. The van der Waals surface area contributed by atoms with Gasteiger partial charge in [0.2, 0.25) is 5.91 Å². The van der Waals surface area contributed by atoms with E-state index in [2.05, 4.69) is 23.3 Å². The average Bonchev–Trinajstić information content (AvgIpc) is 2.58. The third kappa shape index (κ3) is 6.53. The van der Waals surface area contributed by atoms with Crippen molar-refractivity contribution in [2.75, 3.05) is 19.1 Å². The summed E-state index contributed by atoms with van der Waals surface area (Å²) in [6.45, 7) is 2.22. The predicted molar refractivity (Wildman–Crippen MR) is 87.7 cm³/mol. The molecule has 1 rings (SSSR count). The molecule has 0 aromatic heterocycles. The Bertz CT molecular complexity index is 466. The van der Waals surface area contributed by atoms with E-state index in [-0.39, 0.29) is 12.5 Å². The lowest BCUT2D eigenvalue weighted by molar-refractivity contribution is -0.265. The Morgan fingerprint density at radius 2 is 2.12 bits per heavy atom. The predicted octanol–water partition coefficient (Wildman–Crippen LogP) is -2.44. The lowest BCUT2D eigenvalue weighted by Gasteiger charge is -2.43. The molecule has 1 saturated heterocycles. The highest BCUT2D eigenvalue weighted by molar-refractivity contribution is 7.81. The molecule has 6 atom stereocenters. The normalized spacial score (nSPS) is 30.4. The standard InChI is InChI=1S/C14H24N2O8S/c1-7-12(21)13(24-10(20)5-25)11(16-8(2)19)14(23-7)22-6-15-9(3-17)4-18/h3,7,9,11-15,18,21,25H,4-6H2,1-2H3,(H,16,19)/t7?,9-,11?,12?,13?,14?/m1/s1. The second-order valence-corrected chi connectivity index (χ2v) is 5.80. The fourth-order valence-corrected chi connectivity index (χ4v) is 2.34. The molecule has 11 heteroatoms. The maximum absolute atomic E-state index is 11.6. The number of rotatable bonds is 9. The van der Waals surface area contributed by atoms with Crippen LogP contribution in [0.25, 0.3) is 0 Å². The molecule has 0 radical (unpaired) electrons. The van der Waals surface area contributed by atoms with Crippen LogP contribution in [0, 0.1) is 0 Å². The molecule has 1 aliphatic rings. The zero-order valence-corrected chi connectivity index (χ0v) is 14.8. The fraction of sp³-hybridized carbons (Fsp3) is 0.786. The molecule has 0 aliphatic carbocycles. The molecule has 4 N–H and O–H groups in total. The topological polar surface area (TPSA) is 143 Å². The molecule has 0 bridgehead atoms. The number of carbonyl (C=O) groups excluding carboxylic acids is 3. The summed E-state index contributed by atoms with van der Waals surface area (Å²) in [5.74, 6) is -1.31. The monoisotopic (exact) mass is 380 g/mol. The number of hydrogen-bond donors (Lipinski definition) is 5. The van der Waals surface area contributed by atoms with E-state index in [0.717, 1.165) is 0 Å². The van der Waals surface area contributed by atoms with Crippen LogP contribution in [-0.4, -0.2) is 84.2 Å². The first-order valence-electron chi connectivity index (χ1n) is 7.66. The van der Waals surface area contributed by atoms with E-state index < -0.39 is 55.2 Å². The average molecular weight is 380 g/mol. The molecular weight excluding hydrogens is 356 g/mol. The summed E-state index contributed by atoms with van der Waals surface area (Å²) in [5.41, 5.74) is 0. The van der Waals surface area contributed by atoms with Crippen molar-refractivity contribution in [2.24, 2.45) is 0 Å². The molecule has 144 valence electrons. The van der Waals surface area contributed by atoms with Crippen molar-refractivity contribution in [1.82, 2.24) is 10.6 Å². The van der Waals surface area contributed by atoms with Gasteiger partial charge in [0.25, 0.3) is 0 Å². The largest absolute Gasteiger partial charge is 0.456 e. The number of ether oxygens (including phenoxy) is 3. The van der Waals surface area contributed by atoms with Crippen molar-refractivity contribution in [3.05, 3.63) is 0 Å². The Balaban J connectivity index is 2.85.